The van der Waals surface area contributed by atoms with E-state index in [1.807, 2.05) is 135 Å². The number of carbonyl (C=O) groups is 5. The molecular weight excluding hydrogens is 1540 g/mol. The molecule has 624 valence electrons. The van der Waals surface area contributed by atoms with Gasteiger partial charge in [0, 0.05) is 108 Å². The summed E-state index contributed by atoms with van der Waals surface area (Å²) in [5.74, 6) is 0.384. The van der Waals surface area contributed by atoms with Gasteiger partial charge in [-0.05, 0) is 203 Å². The van der Waals surface area contributed by atoms with Crippen LogP contribution in [0.2, 0.25) is 15.1 Å². The van der Waals surface area contributed by atoms with Gasteiger partial charge in [0.1, 0.15) is 16.8 Å². The summed E-state index contributed by atoms with van der Waals surface area (Å²) in [4.78, 5) is 68.4. The average molecular weight is 1660 g/mol. The van der Waals surface area contributed by atoms with Crippen LogP contribution in [0.25, 0.3) is 10.4 Å². The fraction of sp³-hybridized carbons (Fsp3) is 0.523. The number of azide groups is 1. The highest BCUT2D eigenvalue weighted by atomic mass is 35.5. The quantitative estimate of drug-likeness (QED) is 0.0115. The molecule has 3 fully saturated rings. The number of methoxy groups -OCH3 is 2. The third kappa shape index (κ3) is 39.7. The van der Waals surface area contributed by atoms with Crippen molar-refractivity contribution < 1.29 is 61.9 Å². The zero-order valence-electron chi connectivity index (χ0n) is 67.9. The van der Waals surface area contributed by atoms with E-state index in [0.29, 0.717) is 87.2 Å². The lowest BCUT2D eigenvalue weighted by molar-refractivity contribution is -0.0248. The van der Waals surface area contributed by atoms with Crippen LogP contribution in [0.15, 0.2) is 169 Å². The van der Waals surface area contributed by atoms with Crippen molar-refractivity contribution in [2.75, 3.05) is 113 Å². The highest BCUT2D eigenvalue weighted by Crippen LogP contribution is 2.38. The van der Waals surface area contributed by atoms with Gasteiger partial charge < -0.3 is 68.5 Å². The smallest absolute Gasteiger partial charge is 0.410 e. The second-order valence-electron chi connectivity index (χ2n) is 29.6. The van der Waals surface area contributed by atoms with Gasteiger partial charge in [0.2, 0.25) is 0 Å². The number of alkyl carbamates (subject to hydrolysis) is 1. The molecule has 3 heterocycles. The second kappa shape index (κ2) is 53.7. The van der Waals surface area contributed by atoms with Gasteiger partial charge >= 0.3 is 29.8 Å². The number of carbonyl (C=O) groups excluding carboxylic acids is 5. The Morgan fingerprint density at radius 1 is 0.522 bits per heavy atom. The zero-order valence-corrected chi connectivity index (χ0v) is 71.8. The Kier molecular flexibility index (Phi) is 47.4. The Balaban J connectivity index is 0.000000372. The van der Waals surface area contributed by atoms with Crippen LogP contribution in [-0.4, -0.2) is 179 Å². The van der Waals surface area contributed by atoms with Gasteiger partial charge in [0.25, 0.3) is 0 Å². The number of piperidine rings is 3. The molecule has 0 spiro atoms. The molecule has 27 heteroatoms. The number of nitrogens with one attached hydrogen (secondary N) is 1. The van der Waals surface area contributed by atoms with Gasteiger partial charge in [-0.1, -0.05) is 196 Å². The second-order valence-corrected chi connectivity index (χ2v) is 33.4. The lowest BCUT2D eigenvalue weighted by Crippen LogP contribution is -2.44. The number of likely N-dealkylation sites (tertiary alicyclic amines) is 3. The Labute approximate surface area is 693 Å². The van der Waals surface area contributed by atoms with Crippen molar-refractivity contribution in [1.82, 2.24) is 24.9 Å². The van der Waals surface area contributed by atoms with Crippen molar-refractivity contribution in [2.24, 2.45) is 28.6 Å². The summed E-state index contributed by atoms with van der Waals surface area (Å²) in [7, 11) is 2.09. The Bertz CT molecular complexity index is 3640. The minimum Gasteiger partial charge on any atom is -0.457 e. The summed E-state index contributed by atoms with van der Waals surface area (Å²) in [6, 6.07) is 55.1. The molecule has 6 aromatic carbocycles. The van der Waals surface area contributed by atoms with Crippen LogP contribution in [0.1, 0.15) is 164 Å². The zero-order chi connectivity index (χ0) is 82.7. The molecule has 0 saturated carbocycles. The number of ether oxygens (including phenoxy) is 8. The van der Waals surface area contributed by atoms with E-state index in [1.165, 1.54) is 49.8 Å². The number of hydrogen-bond donors (Lipinski definition) is 2. The minimum absolute atomic E-state index is 0. The van der Waals surface area contributed by atoms with E-state index in [0.717, 1.165) is 55.2 Å². The molecule has 4 amide bonds. The summed E-state index contributed by atoms with van der Waals surface area (Å²) >= 11 is 23.1. The van der Waals surface area contributed by atoms with Crippen molar-refractivity contribution in [1.29, 1.82) is 0 Å². The third-order valence-corrected chi connectivity index (χ3v) is 20.8. The number of halogens is 4. The number of hydrogen-bond acceptors (Lipinski definition) is 16. The number of rotatable bonds is 23. The number of nitrogens with zero attached hydrogens (tertiary/aromatic N) is 7. The minimum atomic E-state index is -0.773. The molecule has 9 rings (SSSR count). The first-order chi connectivity index (χ1) is 53.4. The van der Waals surface area contributed by atoms with Crippen molar-refractivity contribution in [3.8, 4) is 0 Å². The molecule has 6 aromatic rings. The largest absolute Gasteiger partial charge is 0.457 e. The van der Waals surface area contributed by atoms with E-state index in [1.54, 1.807) is 14.7 Å². The van der Waals surface area contributed by atoms with Crippen LogP contribution in [0.5, 0.6) is 0 Å². The molecule has 0 unspecified atom stereocenters. The van der Waals surface area contributed by atoms with Crippen LogP contribution in [-0.2, 0) is 37.9 Å². The van der Waals surface area contributed by atoms with Crippen LogP contribution < -0.4 is 27.0 Å². The summed E-state index contributed by atoms with van der Waals surface area (Å²) in [5, 5.41) is 12.3. The summed E-state index contributed by atoms with van der Waals surface area (Å²) in [6.45, 7) is 32.8. The third-order valence-electron chi connectivity index (χ3n) is 17.5. The van der Waals surface area contributed by atoms with Gasteiger partial charge in [-0.15, -0.1) is 0 Å². The first kappa shape index (κ1) is 99.8. The summed E-state index contributed by atoms with van der Waals surface area (Å²) in [6.07, 6.45) is 3.51. The number of benzene rings is 6. The first-order valence-corrected chi connectivity index (χ1v) is 41.2. The van der Waals surface area contributed by atoms with E-state index in [4.69, 9.17) is 74.5 Å². The maximum atomic E-state index is 12.5. The normalized spacial score (nSPS) is 16.1. The van der Waals surface area contributed by atoms with E-state index in [2.05, 4.69) is 153 Å². The molecule has 0 radical (unpaired) electrons. The average Bonchev–Trinajstić information content (AvgIpc) is 0.842. The summed E-state index contributed by atoms with van der Waals surface area (Å²) in [5.41, 5.74) is 14.7. The topological polar surface area (TPSA) is 259 Å². The van der Waals surface area contributed by atoms with E-state index < -0.39 is 36.2 Å². The lowest BCUT2D eigenvalue weighted by atomic mass is 9.88. The van der Waals surface area contributed by atoms with Crippen molar-refractivity contribution in [3.05, 3.63) is 206 Å². The molecule has 0 aliphatic carbocycles. The predicted octanol–water partition coefficient (Wildman–Crippen LogP) is 20.2. The lowest BCUT2D eigenvalue weighted by Gasteiger charge is -2.37. The molecule has 22 nitrogen and oxygen atoms in total. The van der Waals surface area contributed by atoms with E-state index in [9.17, 15) is 24.0 Å². The van der Waals surface area contributed by atoms with Gasteiger partial charge in [0.15, 0.2) is 0 Å². The van der Waals surface area contributed by atoms with Gasteiger partial charge in [-0.25, -0.2) is 24.0 Å². The highest BCUT2D eigenvalue weighted by Gasteiger charge is 2.37. The predicted molar refractivity (Wildman–Crippen MR) is 459 cm³/mol. The molecule has 3 saturated heterocycles. The van der Waals surface area contributed by atoms with Gasteiger partial charge in [-0.3, -0.25) is 0 Å². The fourth-order valence-corrected chi connectivity index (χ4v) is 15.4. The first-order valence-electron chi connectivity index (χ1n) is 38.3. The van der Waals surface area contributed by atoms with Crippen molar-refractivity contribution in [2.45, 2.75) is 164 Å². The van der Waals surface area contributed by atoms with Crippen LogP contribution in [0, 0.1) is 17.8 Å². The Morgan fingerprint density at radius 3 is 1.11 bits per heavy atom. The molecule has 3 N–H and O–H groups in total. The molecule has 113 heavy (non-hydrogen) atoms. The highest BCUT2D eigenvalue weighted by molar-refractivity contribution is 7.79. The summed E-state index contributed by atoms with van der Waals surface area (Å²) < 4.78 is 43.2. The molecular formula is C86H124Cl4N9O13P. The van der Waals surface area contributed by atoms with Crippen LogP contribution in [0.4, 0.5) is 24.0 Å². The Morgan fingerprint density at radius 2 is 0.841 bits per heavy atom. The van der Waals surface area contributed by atoms with Crippen LogP contribution >= 0.6 is 54.3 Å². The number of amides is 4. The van der Waals surface area contributed by atoms with Crippen molar-refractivity contribution in [3.63, 3.8) is 0 Å². The maximum Gasteiger partial charge on any atom is 0.410 e. The van der Waals surface area contributed by atoms with Crippen LogP contribution in [0.3, 0.4) is 0 Å². The maximum absolute atomic E-state index is 12.5. The van der Waals surface area contributed by atoms with E-state index in [-0.39, 0.29) is 68.3 Å². The standard InChI is InChI=1S/C21H31ClN2O5.C19H27ClN4O3.C19H29ClN2O3.C18H15P.C6H15N.C2H3ClO2.CH4/c1-21(2,3)29-20(26)24-11-6-8-16(14-24)18(15-7-5-9-17(22)13-15)28-12-10-23-19(25)27-4;1-19(2,3)27-18(25)24-10-5-7-15(13-24)17(26-11-9-22-23-21)14-6-4-8-16(20)12-14;1-19(2,3)25-18(23)22-10-5-7-15(13-22)17(24-11-9-21)14-6-4-8-16(20)12-14;1-4-10-16(11-5-1)19(17-12-6-2-7-13-17)18-14-8-3-9-15-18;1-4-7(5-2)6-3;1-5-2(3)4;/h5,7,9,13,16,18H,6,8,10-12,14H2,1-4H3,(H,23,25);4,6,8,12,15,17H,5,7,9-11,13H2,1-3H3;4,6,8,12,15,17H,5,7,9-11,13,21H2,1-3H3;1-15H;4-6H2,1-3H3;1H3;1H4/t16-,18+;2*15-,17+;;;;/m111..../s1. The molecule has 3 aliphatic rings. The van der Waals surface area contributed by atoms with Gasteiger partial charge in [-0.2, -0.15) is 0 Å². The molecule has 0 aromatic heterocycles. The fourth-order valence-electron chi connectivity index (χ4n) is 12.5. The molecule has 0 bridgehead atoms. The molecule has 6 atom stereocenters. The Hall–Kier alpha value is -7.43. The monoisotopic (exact) mass is 1660 g/mol. The number of nitrogens with two attached hydrogens (primary N) is 1. The van der Waals surface area contributed by atoms with E-state index >= 15 is 0 Å². The van der Waals surface area contributed by atoms with Crippen molar-refractivity contribution >= 4 is 100 Å². The molecule has 3 aliphatic heterocycles. The SMILES string of the molecule is C.CC(C)(C)OC(=O)N1CCC[C@@H]([C@@H](OCCN)c2cccc(Cl)c2)C1.CC(C)(C)OC(=O)N1CCC[C@@H]([C@@H](OCCN=[N+]=[N-])c2cccc(Cl)c2)C1.CCN(CC)CC.COC(=O)Cl.COC(=O)NCCO[C@@H](c1cccc(Cl)c1)[C@@H]1CCCN(C(=O)OC(C)(C)C)C1.c1ccc(P(c2ccccc2)c2ccccc2)cc1. The van der Waals surface area contributed by atoms with Gasteiger partial charge in [0.05, 0.1) is 52.4 Å².